The van der Waals surface area contributed by atoms with Crippen molar-refractivity contribution >= 4 is 5.97 Å². The average Bonchev–Trinajstić information content (AvgIpc) is 3.05. The largest absolute Gasteiger partial charge is 0.481 e. The highest BCUT2D eigenvalue weighted by Gasteiger charge is 2.60. The zero-order chi connectivity index (χ0) is 21.4. The minimum atomic E-state index is -0.643. The number of hydrogen-bond donors (Lipinski definition) is 2. The monoisotopic (exact) mass is 406 g/mol. The second-order valence-electron chi connectivity index (χ2n) is 11.2. The predicted molar refractivity (Wildman–Crippen MR) is 119 cm³/mol. The zero-order valence-corrected chi connectivity index (χ0v) is 19.6. The number of carbonyl (C=O) groups is 1. The summed E-state index contributed by atoms with van der Waals surface area (Å²) in [6.07, 6.45) is 12.4. The van der Waals surface area contributed by atoms with E-state index in [9.17, 15) is 9.90 Å². The van der Waals surface area contributed by atoms with Gasteiger partial charge < -0.3 is 10.2 Å². The number of aliphatic hydroxyl groups excluding tert-OH is 1. The lowest BCUT2D eigenvalue weighted by atomic mass is 9.44. The second-order valence-corrected chi connectivity index (χ2v) is 11.2. The second kappa shape index (κ2) is 8.89. The number of aliphatic hydroxyl groups is 1. The molecule has 4 aliphatic carbocycles. The van der Waals surface area contributed by atoms with Gasteiger partial charge in [0.25, 0.3) is 0 Å². The number of carboxylic acids is 1. The molecule has 4 aliphatic rings. The van der Waals surface area contributed by atoms with Crippen molar-refractivity contribution in [3.63, 3.8) is 0 Å². The Bertz CT molecular complexity index is 574. The Labute approximate surface area is 179 Å². The molecule has 0 saturated heterocycles. The fourth-order valence-corrected chi connectivity index (χ4v) is 8.76. The van der Waals surface area contributed by atoms with Crippen LogP contribution in [0.2, 0.25) is 0 Å². The molecule has 0 aromatic heterocycles. The summed E-state index contributed by atoms with van der Waals surface area (Å²) >= 11 is 0. The maximum Gasteiger partial charge on any atom is 0.303 e. The van der Waals surface area contributed by atoms with E-state index in [1.165, 1.54) is 44.9 Å². The summed E-state index contributed by atoms with van der Waals surface area (Å²) in [4.78, 5) is 11.0. The van der Waals surface area contributed by atoms with Crippen molar-refractivity contribution in [3.8, 4) is 0 Å². The first kappa shape index (κ1) is 23.1. The SMILES string of the molecule is CC.C[C@H](CCC(=O)O)C1CCC2C3CCC4C[C@H](O)CCC4(C)C3CCC21C. The molecule has 168 valence electrons. The van der Waals surface area contributed by atoms with E-state index in [0.29, 0.717) is 29.1 Å². The van der Waals surface area contributed by atoms with Crippen LogP contribution in [-0.4, -0.2) is 22.3 Å². The first-order valence-electron chi connectivity index (χ1n) is 12.7. The van der Waals surface area contributed by atoms with Crippen molar-refractivity contribution < 1.29 is 15.0 Å². The summed E-state index contributed by atoms with van der Waals surface area (Å²) in [6, 6.07) is 0. The summed E-state index contributed by atoms with van der Waals surface area (Å²) in [7, 11) is 0. The summed E-state index contributed by atoms with van der Waals surface area (Å²) in [5.74, 6) is 3.91. The van der Waals surface area contributed by atoms with Crippen LogP contribution in [-0.2, 0) is 4.79 Å². The van der Waals surface area contributed by atoms with E-state index in [2.05, 4.69) is 20.8 Å². The van der Waals surface area contributed by atoms with Crippen molar-refractivity contribution in [2.75, 3.05) is 0 Å². The van der Waals surface area contributed by atoms with Crippen LogP contribution in [0.15, 0.2) is 0 Å². The highest BCUT2D eigenvalue weighted by molar-refractivity contribution is 5.66. The Morgan fingerprint density at radius 3 is 2.31 bits per heavy atom. The van der Waals surface area contributed by atoms with E-state index in [4.69, 9.17) is 5.11 Å². The third-order valence-corrected chi connectivity index (χ3v) is 10.2. The molecule has 2 N–H and O–H groups in total. The van der Waals surface area contributed by atoms with Crippen molar-refractivity contribution in [1.82, 2.24) is 0 Å². The smallest absolute Gasteiger partial charge is 0.303 e. The zero-order valence-electron chi connectivity index (χ0n) is 19.6. The Balaban J connectivity index is 0.00000117. The molecule has 4 rings (SSSR count). The van der Waals surface area contributed by atoms with Gasteiger partial charge in [-0.25, -0.2) is 0 Å². The van der Waals surface area contributed by atoms with Crippen LogP contribution in [0.3, 0.4) is 0 Å². The Morgan fingerprint density at radius 2 is 1.62 bits per heavy atom. The van der Waals surface area contributed by atoms with Gasteiger partial charge in [0.15, 0.2) is 0 Å². The summed E-state index contributed by atoms with van der Waals surface area (Å²) in [6.45, 7) is 11.4. The fourth-order valence-electron chi connectivity index (χ4n) is 8.76. The topological polar surface area (TPSA) is 57.5 Å². The number of aliphatic carboxylic acids is 1. The van der Waals surface area contributed by atoms with Crippen LogP contribution < -0.4 is 0 Å². The Hall–Kier alpha value is -0.570. The maximum atomic E-state index is 11.0. The molecule has 0 aromatic carbocycles. The van der Waals surface area contributed by atoms with E-state index >= 15 is 0 Å². The van der Waals surface area contributed by atoms with Gasteiger partial charge in [-0.15, -0.1) is 0 Å². The quantitative estimate of drug-likeness (QED) is 0.558. The number of rotatable bonds is 4. The van der Waals surface area contributed by atoms with E-state index < -0.39 is 5.97 Å². The maximum absolute atomic E-state index is 11.0. The lowest BCUT2D eigenvalue weighted by Crippen LogP contribution is -2.54. The summed E-state index contributed by atoms with van der Waals surface area (Å²) in [5.41, 5.74) is 0.882. The average molecular weight is 407 g/mol. The van der Waals surface area contributed by atoms with Gasteiger partial charge in [-0.2, -0.15) is 0 Å². The highest BCUT2D eigenvalue weighted by Crippen LogP contribution is 2.68. The van der Waals surface area contributed by atoms with Crippen LogP contribution in [0.5, 0.6) is 0 Å². The van der Waals surface area contributed by atoms with Gasteiger partial charge in [0.1, 0.15) is 0 Å². The van der Waals surface area contributed by atoms with Gasteiger partial charge >= 0.3 is 5.97 Å². The number of fused-ring (bicyclic) bond motifs is 5. The van der Waals surface area contributed by atoms with Crippen molar-refractivity contribution in [1.29, 1.82) is 0 Å². The van der Waals surface area contributed by atoms with Crippen LogP contribution >= 0.6 is 0 Å². The summed E-state index contributed by atoms with van der Waals surface area (Å²) in [5, 5.41) is 19.3. The first-order valence-corrected chi connectivity index (χ1v) is 12.7. The fraction of sp³-hybridized carbons (Fsp3) is 0.962. The molecule has 29 heavy (non-hydrogen) atoms. The van der Waals surface area contributed by atoms with Crippen LogP contribution in [0.25, 0.3) is 0 Å². The number of hydrogen-bond acceptors (Lipinski definition) is 2. The molecule has 9 atom stereocenters. The standard InChI is InChI=1S/C24H40O3.C2H6/c1-15(4-9-22(26)27)19-7-8-20-18-6-5-16-14-17(25)10-12-23(16,2)21(18)11-13-24(19,20)3;1-2/h15-21,25H,4-14H2,1-3H3,(H,26,27);1-2H3/t15-,16?,17-,18?,19?,20?,21?,23?,24?;/m1./s1. The lowest BCUT2D eigenvalue weighted by molar-refractivity contribution is -0.138. The van der Waals surface area contributed by atoms with Gasteiger partial charge in [-0.1, -0.05) is 34.6 Å². The normalized spacial score (nSPS) is 47.1. The van der Waals surface area contributed by atoms with Gasteiger partial charge in [-0.3, -0.25) is 4.79 Å². The minimum absolute atomic E-state index is 0.0561. The lowest BCUT2D eigenvalue weighted by Gasteiger charge is -2.61. The van der Waals surface area contributed by atoms with E-state index in [0.717, 1.165) is 42.9 Å². The van der Waals surface area contributed by atoms with Crippen molar-refractivity contribution in [2.24, 2.45) is 46.3 Å². The van der Waals surface area contributed by atoms with Crippen molar-refractivity contribution in [2.45, 2.75) is 111 Å². The molecule has 0 bridgehead atoms. The van der Waals surface area contributed by atoms with Crippen LogP contribution in [0, 0.1) is 46.3 Å². The first-order chi connectivity index (χ1) is 13.8. The van der Waals surface area contributed by atoms with E-state index in [1.54, 1.807) is 0 Å². The van der Waals surface area contributed by atoms with Crippen molar-refractivity contribution in [3.05, 3.63) is 0 Å². The molecule has 3 heteroatoms. The molecule has 0 aromatic rings. The van der Waals surface area contributed by atoms with Gasteiger partial charge in [-0.05, 0) is 111 Å². The predicted octanol–water partition coefficient (Wildman–Crippen LogP) is 6.53. The molecule has 0 aliphatic heterocycles. The molecular weight excluding hydrogens is 360 g/mol. The molecule has 3 nitrogen and oxygen atoms in total. The minimum Gasteiger partial charge on any atom is -0.481 e. The highest BCUT2D eigenvalue weighted by atomic mass is 16.4. The van der Waals surface area contributed by atoms with Crippen LogP contribution in [0.4, 0.5) is 0 Å². The molecule has 4 saturated carbocycles. The van der Waals surface area contributed by atoms with Gasteiger partial charge in [0.05, 0.1) is 6.10 Å². The van der Waals surface area contributed by atoms with E-state index in [1.807, 2.05) is 13.8 Å². The molecule has 4 fully saturated rings. The third kappa shape index (κ3) is 4.02. The Kier molecular flexibility index (Phi) is 7.08. The molecule has 0 amide bonds. The van der Waals surface area contributed by atoms with Crippen LogP contribution in [0.1, 0.15) is 105 Å². The van der Waals surface area contributed by atoms with E-state index in [-0.39, 0.29) is 6.10 Å². The van der Waals surface area contributed by atoms with Gasteiger partial charge in [0.2, 0.25) is 0 Å². The Morgan fingerprint density at radius 1 is 0.966 bits per heavy atom. The molecular formula is C26H46O3. The molecule has 7 unspecified atom stereocenters. The molecule has 0 spiro atoms. The summed E-state index contributed by atoms with van der Waals surface area (Å²) < 4.78 is 0. The molecule has 0 radical (unpaired) electrons. The molecule has 0 heterocycles. The third-order valence-electron chi connectivity index (χ3n) is 10.2. The number of carboxylic acid groups (broad SMARTS) is 1. The van der Waals surface area contributed by atoms with Gasteiger partial charge in [0, 0.05) is 6.42 Å².